The molecule has 4 rings (SSSR count). The summed E-state index contributed by atoms with van der Waals surface area (Å²) in [5.74, 6) is -0.222. The van der Waals surface area contributed by atoms with Gasteiger partial charge < -0.3 is 4.74 Å². The molecule has 0 amide bonds. The normalized spacial score (nSPS) is 10.8. The van der Waals surface area contributed by atoms with Crippen molar-refractivity contribution < 1.29 is 9.13 Å². The zero-order valence-corrected chi connectivity index (χ0v) is 16.6. The van der Waals surface area contributed by atoms with Crippen LogP contribution in [0.4, 0.5) is 4.39 Å². The predicted octanol–water partition coefficient (Wildman–Crippen LogP) is 5.77. The Kier molecular flexibility index (Phi) is 4.99. The molecule has 2 aromatic heterocycles. The number of benzene rings is 2. The zero-order chi connectivity index (χ0) is 19.7. The molecule has 8 heteroatoms. The van der Waals surface area contributed by atoms with Gasteiger partial charge in [-0.2, -0.15) is 10.4 Å². The van der Waals surface area contributed by atoms with E-state index in [2.05, 4.69) is 31.1 Å². The molecule has 0 spiro atoms. The molecule has 0 aliphatic carbocycles. The van der Waals surface area contributed by atoms with E-state index in [0.29, 0.717) is 26.3 Å². The van der Waals surface area contributed by atoms with Crippen molar-refractivity contribution >= 4 is 38.4 Å². The van der Waals surface area contributed by atoms with E-state index in [9.17, 15) is 0 Å². The third-order valence-electron chi connectivity index (χ3n) is 4.15. The number of nitrogens with zero attached hydrogens (tertiary/aromatic N) is 3. The van der Waals surface area contributed by atoms with Crippen LogP contribution in [0.3, 0.4) is 0 Å². The first kappa shape index (κ1) is 18.4. The minimum Gasteiger partial charge on any atom is -0.453 e. The van der Waals surface area contributed by atoms with Gasteiger partial charge in [-0.15, -0.1) is 0 Å². The molecule has 0 unspecified atom stereocenters. The number of hydrogen-bond acceptors (Lipinski definition) is 4. The molecule has 1 N–H and O–H groups in total. The molecule has 28 heavy (non-hydrogen) atoms. The second kappa shape index (κ2) is 7.58. The second-order valence-electron chi connectivity index (χ2n) is 6.01. The molecule has 4 aromatic rings. The first-order valence-corrected chi connectivity index (χ1v) is 9.34. The molecule has 0 saturated carbocycles. The van der Waals surface area contributed by atoms with Crippen LogP contribution in [-0.2, 0) is 6.42 Å². The van der Waals surface area contributed by atoms with Crippen molar-refractivity contribution in [1.29, 1.82) is 5.26 Å². The van der Waals surface area contributed by atoms with Crippen molar-refractivity contribution in [2.45, 2.75) is 6.42 Å². The van der Waals surface area contributed by atoms with Crippen LogP contribution in [0.25, 0.3) is 10.9 Å². The number of fused-ring (bicyclic) bond motifs is 1. The Balaban J connectivity index is 1.70. The monoisotopic (exact) mass is 456 g/mol. The molecule has 0 radical (unpaired) electrons. The van der Waals surface area contributed by atoms with Gasteiger partial charge in [0.15, 0.2) is 11.6 Å². The topological polar surface area (TPSA) is 74.6 Å². The summed E-state index contributed by atoms with van der Waals surface area (Å²) in [4.78, 5) is 4.04. The first-order valence-electron chi connectivity index (χ1n) is 8.17. The van der Waals surface area contributed by atoms with Crippen molar-refractivity contribution in [2.75, 3.05) is 0 Å². The van der Waals surface area contributed by atoms with Gasteiger partial charge >= 0.3 is 0 Å². The number of ether oxygens (including phenoxy) is 1. The number of nitriles is 1. The molecule has 2 heterocycles. The first-order chi connectivity index (χ1) is 13.5. The van der Waals surface area contributed by atoms with E-state index in [0.717, 1.165) is 10.9 Å². The summed E-state index contributed by atoms with van der Waals surface area (Å²) in [7, 11) is 0. The van der Waals surface area contributed by atoms with E-state index in [1.807, 2.05) is 12.1 Å². The number of H-pyrrole nitrogens is 1. The average Bonchev–Trinajstić information content (AvgIpc) is 3.10. The molecule has 0 bridgehead atoms. The van der Waals surface area contributed by atoms with Crippen molar-refractivity contribution in [1.82, 2.24) is 15.2 Å². The number of pyridine rings is 1. The Morgan fingerprint density at radius 3 is 2.93 bits per heavy atom. The number of aromatic amines is 1. The average molecular weight is 458 g/mol. The van der Waals surface area contributed by atoms with Crippen LogP contribution >= 0.6 is 27.5 Å². The molecule has 0 atom stereocenters. The summed E-state index contributed by atoms with van der Waals surface area (Å²) in [5, 5.41) is 17.4. The number of nitrogens with one attached hydrogen (secondary N) is 1. The van der Waals surface area contributed by atoms with Gasteiger partial charge in [0.05, 0.1) is 33.5 Å². The Hall–Kier alpha value is -2.95. The van der Waals surface area contributed by atoms with Crippen LogP contribution in [0.1, 0.15) is 16.8 Å². The molecule has 0 fully saturated rings. The summed E-state index contributed by atoms with van der Waals surface area (Å²) >= 11 is 9.32. The highest BCUT2D eigenvalue weighted by Gasteiger charge is 2.17. The van der Waals surface area contributed by atoms with E-state index in [4.69, 9.17) is 21.6 Å². The SMILES string of the molecule is N#Cc1cc(Cl)cc(Oc2c(Br)ccc(Cc3n[nH]c4cnccc34)c2F)c1. The number of aromatic nitrogens is 3. The second-order valence-corrected chi connectivity index (χ2v) is 7.30. The molecule has 2 aromatic carbocycles. The highest BCUT2D eigenvalue weighted by atomic mass is 79.9. The third-order valence-corrected chi connectivity index (χ3v) is 4.99. The van der Waals surface area contributed by atoms with Gasteiger partial charge in [0, 0.05) is 23.0 Å². The van der Waals surface area contributed by atoms with Gasteiger partial charge in [-0.05, 0) is 51.8 Å². The van der Waals surface area contributed by atoms with Crippen LogP contribution in [-0.4, -0.2) is 15.2 Å². The zero-order valence-electron chi connectivity index (χ0n) is 14.2. The Morgan fingerprint density at radius 1 is 1.25 bits per heavy atom. The third kappa shape index (κ3) is 3.57. The maximum atomic E-state index is 15.2. The van der Waals surface area contributed by atoms with Crippen molar-refractivity contribution in [2.24, 2.45) is 0 Å². The predicted molar refractivity (Wildman–Crippen MR) is 107 cm³/mol. The van der Waals surface area contributed by atoms with Crippen LogP contribution in [0.15, 0.2) is 53.3 Å². The van der Waals surface area contributed by atoms with Crippen LogP contribution in [0, 0.1) is 17.1 Å². The van der Waals surface area contributed by atoms with E-state index < -0.39 is 5.82 Å². The van der Waals surface area contributed by atoms with Gasteiger partial charge in [0.1, 0.15) is 5.75 Å². The van der Waals surface area contributed by atoms with Gasteiger partial charge in [0.2, 0.25) is 0 Å². The molecule has 0 saturated heterocycles. The lowest BCUT2D eigenvalue weighted by Gasteiger charge is -2.12. The highest BCUT2D eigenvalue weighted by Crippen LogP contribution is 2.36. The van der Waals surface area contributed by atoms with Gasteiger partial charge in [-0.25, -0.2) is 4.39 Å². The maximum absolute atomic E-state index is 15.2. The number of halogens is 3. The Bertz CT molecular complexity index is 1230. The highest BCUT2D eigenvalue weighted by molar-refractivity contribution is 9.10. The van der Waals surface area contributed by atoms with Gasteiger partial charge in [0.25, 0.3) is 0 Å². The lowest BCUT2D eigenvalue weighted by Crippen LogP contribution is -1.98. The minimum absolute atomic E-state index is 0.0187. The van der Waals surface area contributed by atoms with E-state index in [1.54, 1.807) is 24.5 Å². The molecule has 138 valence electrons. The number of hydrogen-bond donors (Lipinski definition) is 1. The van der Waals surface area contributed by atoms with Crippen LogP contribution < -0.4 is 4.74 Å². The van der Waals surface area contributed by atoms with Crippen LogP contribution in [0.2, 0.25) is 5.02 Å². The van der Waals surface area contributed by atoms with Gasteiger partial charge in [-0.1, -0.05) is 17.7 Å². The van der Waals surface area contributed by atoms with Crippen LogP contribution in [0.5, 0.6) is 11.5 Å². The molecule has 0 aliphatic rings. The molecule has 0 aliphatic heterocycles. The summed E-state index contributed by atoms with van der Waals surface area (Å²) in [6, 6.07) is 11.7. The Labute approximate surface area is 172 Å². The van der Waals surface area contributed by atoms with E-state index in [1.165, 1.54) is 18.2 Å². The van der Waals surface area contributed by atoms with E-state index in [-0.39, 0.29) is 17.9 Å². The summed E-state index contributed by atoms with van der Waals surface area (Å²) in [6.07, 6.45) is 3.61. The number of rotatable bonds is 4. The van der Waals surface area contributed by atoms with Crippen molar-refractivity contribution in [3.05, 3.63) is 80.9 Å². The lowest BCUT2D eigenvalue weighted by molar-refractivity contribution is 0.436. The fourth-order valence-electron chi connectivity index (χ4n) is 2.85. The standard InChI is InChI=1S/C20H11BrClFN4O/c21-16-2-1-12(7-17-15-3-4-25-10-18(15)27-26-17)19(23)20(16)28-14-6-11(9-24)5-13(22)8-14/h1-6,8,10H,7H2,(H,26,27). The fraction of sp³-hybridized carbons (Fsp3) is 0.0500. The Morgan fingerprint density at radius 2 is 2.11 bits per heavy atom. The fourth-order valence-corrected chi connectivity index (χ4v) is 3.46. The lowest BCUT2D eigenvalue weighted by atomic mass is 10.1. The quantitative estimate of drug-likeness (QED) is 0.422. The van der Waals surface area contributed by atoms with E-state index >= 15 is 4.39 Å². The summed E-state index contributed by atoms with van der Waals surface area (Å²) in [5.41, 5.74) is 2.24. The molecule has 5 nitrogen and oxygen atoms in total. The molecular formula is C20H11BrClFN4O. The van der Waals surface area contributed by atoms with Crippen molar-refractivity contribution in [3.63, 3.8) is 0 Å². The summed E-state index contributed by atoms with van der Waals surface area (Å²) in [6.45, 7) is 0. The largest absolute Gasteiger partial charge is 0.453 e. The van der Waals surface area contributed by atoms with Crippen molar-refractivity contribution in [3.8, 4) is 17.6 Å². The minimum atomic E-state index is -0.516. The maximum Gasteiger partial charge on any atom is 0.177 e. The molecular weight excluding hydrogens is 447 g/mol. The summed E-state index contributed by atoms with van der Waals surface area (Å²) < 4.78 is 21.4. The van der Waals surface area contributed by atoms with Gasteiger partial charge in [-0.3, -0.25) is 10.1 Å². The smallest absolute Gasteiger partial charge is 0.177 e.